The number of carbonyl (C=O) groups is 2. The van der Waals surface area contributed by atoms with Crippen molar-refractivity contribution in [2.24, 2.45) is 5.73 Å². The van der Waals surface area contributed by atoms with Gasteiger partial charge in [-0.3, -0.25) is 9.59 Å². The first-order valence-electron chi connectivity index (χ1n) is 10.5. The van der Waals surface area contributed by atoms with Gasteiger partial charge in [0.2, 0.25) is 11.8 Å². The molecule has 1 aromatic carbocycles. The molecule has 7 heteroatoms. The highest BCUT2D eigenvalue weighted by Gasteiger charge is 2.34. The molecule has 0 unspecified atom stereocenters. The number of carbonyl (C=O) groups excluding carboxylic acids is 2. The molecule has 4 rings (SSSR count). The lowest BCUT2D eigenvalue weighted by Gasteiger charge is -2.39. The summed E-state index contributed by atoms with van der Waals surface area (Å²) in [5, 5.41) is 13.4. The Balaban J connectivity index is 1.55. The van der Waals surface area contributed by atoms with E-state index in [9.17, 15) is 14.9 Å². The van der Waals surface area contributed by atoms with Crippen LogP contribution < -0.4 is 16.0 Å². The first-order valence-corrected chi connectivity index (χ1v) is 11.3. The lowest BCUT2D eigenvalue weighted by atomic mass is 9.85. The molecule has 0 fully saturated rings. The van der Waals surface area contributed by atoms with Crippen LogP contribution >= 0.6 is 11.3 Å². The van der Waals surface area contributed by atoms with E-state index < -0.39 is 0 Å². The number of hydrogen-bond acceptors (Lipinski definition) is 5. The predicted octanol–water partition coefficient (Wildman–Crippen LogP) is 3.69. The first-order chi connectivity index (χ1) is 14.5. The zero-order chi connectivity index (χ0) is 21.3. The highest BCUT2D eigenvalue weighted by molar-refractivity contribution is 7.16. The molecule has 2 heterocycles. The van der Waals surface area contributed by atoms with Crippen LogP contribution in [0.3, 0.4) is 0 Å². The normalized spacial score (nSPS) is 20.5. The highest BCUT2D eigenvalue weighted by Crippen LogP contribution is 2.39. The molecule has 2 aliphatic rings. The maximum Gasteiger partial charge on any atom is 0.244 e. The summed E-state index contributed by atoms with van der Waals surface area (Å²) in [6, 6.07) is 9.95. The smallest absolute Gasteiger partial charge is 0.244 e. The Labute approximate surface area is 180 Å². The zero-order valence-corrected chi connectivity index (χ0v) is 17.9. The van der Waals surface area contributed by atoms with Crippen LogP contribution in [-0.4, -0.2) is 24.4 Å². The van der Waals surface area contributed by atoms with Gasteiger partial charge in [-0.15, -0.1) is 11.3 Å². The maximum absolute atomic E-state index is 13.0. The Morgan fingerprint density at radius 3 is 2.80 bits per heavy atom. The van der Waals surface area contributed by atoms with Crippen LogP contribution in [0.4, 0.5) is 10.7 Å². The van der Waals surface area contributed by atoms with Gasteiger partial charge < -0.3 is 16.0 Å². The van der Waals surface area contributed by atoms with E-state index in [1.807, 2.05) is 36.1 Å². The summed E-state index contributed by atoms with van der Waals surface area (Å²) in [6.07, 6.45) is 5.89. The van der Waals surface area contributed by atoms with Gasteiger partial charge in [0, 0.05) is 16.6 Å². The number of anilines is 2. The Bertz CT molecular complexity index is 1020. The van der Waals surface area contributed by atoms with Crippen molar-refractivity contribution in [1.29, 1.82) is 5.26 Å². The van der Waals surface area contributed by atoms with Gasteiger partial charge in [-0.2, -0.15) is 5.26 Å². The molecule has 3 N–H and O–H groups in total. The third kappa shape index (κ3) is 3.80. The predicted molar refractivity (Wildman–Crippen MR) is 119 cm³/mol. The lowest BCUT2D eigenvalue weighted by Crippen LogP contribution is -2.45. The number of aryl methyl sites for hydroxylation is 1. The average Bonchev–Trinajstić information content (AvgIpc) is 2.88. The van der Waals surface area contributed by atoms with E-state index in [2.05, 4.69) is 11.4 Å². The first kappa shape index (κ1) is 20.4. The molecule has 0 spiro atoms. The maximum atomic E-state index is 13.0. The van der Waals surface area contributed by atoms with Crippen LogP contribution in [0.1, 0.15) is 60.1 Å². The summed E-state index contributed by atoms with van der Waals surface area (Å²) in [5.41, 5.74) is 9.11. The second-order valence-corrected chi connectivity index (χ2v) is 9.26. The number of fused-ring (bicyclic) bond motifs is 2. The van der Waals surface area contributed by atoms with E-state index in [-0.39, 0.29) is 30.3 Å². The minimum absolute atomic E-state index is 0.00126. The van der Waals surface area contributed by atoms with Crippen molar-refractivity contribution < 1.29 is 9.59 Å². The molecule has 1 aliphatic heterocycles. The molecule has 0 bridgehead atoms. The van der Waals surface area contributed by atoms with Gasteiger partial charge >= 0.3 is 0 Å². The summed E-state index contributed by atoms with van der Waals surface area (Å²) in [4.78, 5) is 28.1. The van der Waals surface area contributed by atoms with Gasteiger partial charge in [-0.1, -0.05) is 24.6 Å². The number of nitrogens with zero attached hydrogens (tertiary/aromatic N) is 2. The van der Waals surface area contributed by atoms with Crippen LogP contribution in [0.2, 0.25) is 0 Å². The van der Waals surface area contributed by atoms with Gasteiger partial charge in [0.25, 0.3) is 0 Å². The topological polar surface area (TPSA) is 99.2 Å². The molecule has 0 saturated heterocycles. The number of thiophene rings is 1. The van der Waals surface area contributed by atoms with Crippen molar-refractivity contribution in [3.63, 3.8) is 0 Å². The van der Waals surface area contributed by atoms with Crippen molar-refractivity contribution in [3.05, 3.63) is 45.8 Å². The molecule has 156 valence electrons. The number of hydrogen-bond donors (Lipinski definition) is 2. The van der Waals surface area contributed by atoms with E-state index in [0.29, 0.717) is 17.0 Å². The van der Waals surface area contributed by atoms with Crippen molar-refractivity contribution in [2.75, 3.05) is 16.8 Å². The second-order valence-electron chi connectivity index (χ2n) is 8.15. The molecule has 2 aromatic rings. The summed E-state index contributed by atoms with van der Waals surface area (Å²) in [7, 11) is 0. The molecule has 1 aliphatic carbocycles. The third-order valence-corrected chi connectivity index (χ3v) is 7.38. The number of para-hydroxylation sites is 1. The fraction of sp³-hybridized carbons (Fsp3) is 0.435. The Morgan fingerprint density at radius 1 is 1.27 bits per heavy atom. The number of nitrogens with two attached hydrogens (primary N) is 1. The Kier molecular flexibility index (Phi) is 5.78. The summed E-state index contributed by atoms with van der Waals surface area (Å²) < 4.78 is 0. The van der Waals surface area contributed by atoms with E-state index in [1.54, 1.807) is 11.3 Å². The fourth-order valence-corrected chi connectivity index (χ4v) is 5.91. The quantitative estimate of drug-likeness (QED) is 0.734. The number of benzene rings is 1. The number of primary amides is 1. The van der Waals surface area contributed by atoms with E-state index in [1.165, 1.54) is 11.3 Å². The third-order valence-electron chi connectivity index (χ3n) is 6.17. The molecule has 0 saturated carbocycles. The van der Waals surface area contributed by atoms with E-state index in [4.69, 9.17) is 5.73 Å². The van der Waals surface area contributed by atoms with Crippen molar-refractivity contribution in [2.45, 2.75) is 57.4 Å². The molecular formula is C23H26N4O2S. The van der Waals surface area contributed by atoms with Gasteiger partial charge in [-0.25, -0.2) is 0 Å². The average molecular weight is 423 g/mol. The lowest BCUT2D eigenvalue weighted by molar-refractivity contribution is -0.119. The number of nitrogens with one attached hydrogen (secondary N) is 1. The minimum Gasteiger partial charge on any atom is -0.369 e. The number of amides is 2. The van der Waals surface area contributed by atoms with Crippen LogP contribution in [0.15, 0.2) is 24.3 Å². The highest BCUT2D eigenvalue weighted by atomic mass is 32.1. The molecule has 30 heavy (non-hydrogen) atoms. The Hall–Kier alpha value is -2.85. The monoisotopic (exact) mass is 422 g/mol. The van der Waals surface area contributed by atoms with Crippen molar-refractivity contribution in [3.8, 4) is 6.07 Å². The van der Waals surface area contributed by atoms with E-state index in [0.717, 1.165) is 42.5 Å². The molecule has 2 atom stereocenters. The van der Waals surface area contributed by atoms with Gasteiger partial charge in [0.15, 0.2) is 0 Å². The minimum atomic E-state index is -0.339. The SMILES string of the molecule is C[C@@H]1C[C@H](C(N)=O)c2ccccc2N1CC(=O)Nc1sc2c(c1C#N)CCCCC2. The summed E-state index contributed by atoms with van der Waals surface area (Å²) in [6.45, 7) is 2.17. The van der Waals surface area contributed by atoms with Crippen LogP contribution in [0, 0.1) is 11.3 Å². The van der Waals surface area contributed by atoms with E-state index >= 15 is 0 Å². The van der Waals surface area contributed by atoms with Crippen LogP contribution in [0.5, 0.6) is 0 Å². The molecule has 2 amide bonds. The number of nitriles is 1. The summed E-state index contributed by atoms with van der Waals surface area (Å²) in [5.74, 6) is -0.826. The number of rotatable bonds is 4. The van der Waals surface area contributed by atoms with Gasteiger partial charge in [0.05, 0.1) is 18.0 Å². The molecule has 0 radical (unpaired) electrons. The van der Waals surface area contributed by atoms with Crippen LogP contribution in [0.25, 0.3) is 0 Å². The standard InChI is InChI=1S/C23H26N4O2S/c1-14-11-17(22(25)29)15-7-5-6-9-19(15)27(14)13-21(28)26-23-18(12-24)16-8-3-2-4-10-20(16)30-23/h5-7,9,14,17H,2-4,8,10-11,13H2,1H3,(H2,25,29)(H,26,28)/t14-,17+/m1/s1. The Morgan fingerprint density at radius 2 is 2.03 bits per heavy atom. The molecular weight excluding hydrogens is 396 g/mol. The van der Waals surface area contributed by atoms with Crippen molar-refractivity contribution >= 4 is 33.8 Å². The second kappa shape index (κ2) is 8.49. The zero-order valence-electron chi connectivity index (χ0n) is 17.1. The fourth-order valence-electron chi connectivity index (χ4n) is 4.66. The van der Waals surface area contributed by atoms with Gasteiger partial charge in [-0.05, 0) is 56.2 Å². The van der Waals surface area contributed by atoms with Crippen LogP contribution in [-0.2, 0) is 22.4 Å². The molecule has 6 nitrogen and oxygen atoms in total. The van der Waals surface area contributed by atoms with Crippen molar-refractivity contribution in [1.82, 2.24) is 0 Å². The largest absolute Gasteiger partial charge is 0.369 e. The van der Waals surface area contributed by atoms with Gasteiger partial charge in [0.1, 0.15) is 11.1 Å². The summed E-state index contributed by atoms with van der Waals surface area (Å²) >= 11 is 1.55. The molecule has 1 aromatic heterocycles.